The van der Waals surface area contributed by atoms with Gasteiger partial charge in [-0.15, -0.1) is 11.3 Å². The third-order valence-corrected chi connectivity index (χ3v) is 5.16. The Hall–Kier alpha value is -2.24. The number of anilines is 1. The summed E-state index contributed by atoms with van der Waals surface area (Å²) in [5.41, 5.74) is 2.54. The smallest absolute Gasteiger partial charge is 0.268 e. The van der Waals surface area contributed by atoms with Crippen LogP contribution in [0.25, 0.3) is 10.1 Å². The largest absolute Gasteiger partial charge is 0.380 e. The average molecular weight is 343 g/mol. The van der Waals surface area contributed by atoms with Crippen molar-refractivity contribution in [1.29, 1.82) is 0 Å². The molecule has 24 heavy (non-hydrogen) atoms. The number of benzene rings is 2. The lowest BCUT2D eigenvalue weighted by Crippen LogP contribution is -2.26. The van der Waals surface area contributed by atoms with Gasteiger partial charge < -0.3 is 9.64 Å². The van der Waals surface area contributed by atoms with Gasteiger partial charge in [-0.1, -0.05) is 23.8 Å². The number of nitrogens with zero attached hydrogens (tertiary/aromatic N) is 1. The molecule has 5 heteroatoms. The van der Waals surface area contributed by atoms with Crippen LogP contribution >= 0.6 is 11.3 Å². The van der Waals surface area contributed by atoms with Crippen LogP contribution in [-0.2, 0) is 11.3 Å². The van der Waals surface area contributed by atoms with Crippen molar-refractivity contribution >= 4 is 33.0 Å². The normalized spacial score (nSPS) is 11.0. The zero-order chi connectivity index (χ0) is 17.3. The topological polar surface area (TPSA) is 29.5 Å². The van der Waals surface area contributed by atoms with Crippen LogP contribution in [0.1, 0.15) is 20.8 Å². The van der Waals surface area contributed by atoms with Gasteiger partial charge in [0.25, 0.3) is 5.91 Å². The first-order chi connectivity index (χ1) is 11.5. The van der Waals surface area contributed by atoms with E-state index in [9.17, 15) is 9.18 Å². The van der Waals surface area contributed by atoms with E-state index < -0.39 is 0 Å². The lowest BCUT2D eigenvalue weighted by molar-refractivity contribution is 0.0992. The summed E-state index contributed by atoms with van der Waals surface area (Å²) in [4.78, 5) is 15.1. The van der Waals surface area contributed by atoms with Gasteiger partial charge in [0, 0.05) is 35.5 Å². The summed E-state index contributed by atoms with van der Waals surface area (Å²) in [6.45, 7) is 2.20. The second-order valence-electron chi connectivity index (χ2n) is 5.66. The number of thiophene rings is 1. The fourth-order valence-electron chi connectivity index (χ4n) is 2.66. The van der Waals surface area contributed by atoms with Gasteiger partial charge >= 0.3 is 0 Å². The molecule has 0 radical (unpaired) electrons. The molecular formula is C19H18FNO2S. The number of hydrogen-bond donors (Lipinski definition) is 0. The summed E-state index contributed by atoms with van der Waals surface area (Å²) >= 11 is 1.30. The van der Waals surface area contributed by atoms with Gasteiger partial charge in [0.2, 0.25) is 0 Å². The minimum atomic E-state index is -0.326. The van der Waals surface area contributed by atoms with Crippen LogP contribution in [-0.4, -0.2) is 20.1 Å². The highest BCUT2D eigenvalue weighted by Crippen LogP contribution is 2.35. The zero-order valence-electron chi connectivity index (χ0n) is 13.8. The summed E-state index contributed by atoms with van der Waals surface area (Å²) < 4.78 is 20.2. The van der Waals surface area contributed by atoms with E-state index in [0.717, 1.165) is 16.0 Å². The number of amides is 1. The Labute approximate surface area is 144 Å². The maximum atomic E-state index is 14.2. The van der Waals surface area contributed by atoms with Crippen LogP contribution in [0.5, 0.6) is 0 Å². The van der Waals surface area contributed by atoms with Crippen molar-refractivity contribution in [2.75, 3.05) is 19.1 Å². The zero-order valence-corrected chi connectivity index (χ0v) is 14.6. The molecule has 0 spiro atoms. The first kappa shape index (κ1) is 16.6. The van der Waals surface area contributed by atoms with E-state index in [1.165, 1.54) is 17.4 Å². The van der Waals surface area contributed by atoms with Crippen LogP contribution in [0.4, 0.5) is 10.1 Å². The van der Waals surface area contributed by atoms with Gasteiger partial charge in [-0.2, -0.15) is 0 Å². The maximum absolute atomic E-state index is 14.2. The number of ether oxygens (including phenoxy) is 1. The molecule has 0 aliphatic carbocycles. The van der Waals surface area contributed by atoms with Crippen LogP contribution in [0.15, 0.2) is 42.5 Å². The Kier molecular flexibility index (Phi) is 4.64. The molecule has 1 aromatic heterocycles. The summed E-state index contributed by atoms with van der Waals surface area (Å²) in [6, 6.07) is 12.6. The molecule has 3 nitrogen and oxygen atoms in total. The molecular weight excluding hydrogens is 325 g/mol. The minimum Gasteiger partial charge on any atom is -0.380 e. The number of aryl methyl sites for hydroxylation is 1. The minimum absolute atomic E-state index is 0.161. The predicted octanol–water partition coefficient (Wildman–Crippen LogP) is 4.77. The molecule has 0 saturated carbocycles. The lowest BCUT2D eigenvalue weighted by Gasteiger charge is -2.17. The Balaban J connectivity index is 2.07. The van der Waals surface area contributed by atoms with Gasteiger partial charge in [0.15, 0.2) is 0 Å². The van der Waals surface area contributed by atoms with Crippen LogP contribution in [0.3, 0.4) is 0 Å². The fraction of sp³-hybridized carbons (Fsp3) is 0.211. The maximum Gasteiger partial charge on any atom is 0.268 e. The lowest BCUT2D eigenvalue weighted by atomic mass is 10.1. The van der Waals surface area contributed by atoms with Gasteiger partial charge in [-0.05, 0) is 31.2 Å². The van der Waals surface area contributed by atoms with Gasteiger partial charge in [0.1, 0.15) is 5.82 Å². The Morgan fingerprint density at radius 1 is 1.21 bits per heavy atom. The number of carbonyl (C=O) groups is 1. The second kappa shape index (κ2) is 6.71. The molecule has 0 unspecified atom stereocenters. The molecule has 0 bridgehead atoms. The SMILES string of the molecule is COCc1c(C(=O)N(C)c2ccc(C)cc2)sc2cccc(F)c12. The molecule has 0 N–H and O–H groups in total. The Bertz CT molecular complexity index is 886. The molecule has 3 rings (SSSR count). The predicted molar refractivity (Wildman–Crippen MR) is 96.4 cm³/mol. The second-order valence-corrected chi connectivity index (χ2v) is 6.71. The molecule has 1 amide bonds. The van der Waals surface area contributed by atoms with Crippen LogP contribution in [0, 0.1) is 12.7 Å². The van der Waals surface area contributed by atoms with E-state index in [-0.39, 0.29) is 18.3 Å². The van der Waals surface area contributed by atoms with Gasteiger partial charge in [0.05, 0.1) is 11.5 Å². The summed E-state index contributed by atoms with van der Waals surface area (Å²) in [7, 11) is 3.27. The van der Waals surface area contributed by atoms with Crippen molar-refractivity contribution in [3.05, 3.63) is 64.3 Å². The average Bonchev–Trinajstić information content (AvgIpc) is 2.94. The highest BCUT2D eigenvalue weighted by Gasteiger charge is 2.23. The van der Waals surface area contributed by atoms with E-state index in [0.29, 0.717) is 15.8 Å². The molecule has 0 aliphatic rings. The van der Waals surface area contributed by atoms with Crippen molar-refractivity contribution in [1.82, 2.24) is 0 Å². The highest BCUT2D eigenvalue weighted by molar-refractivity contribution is 7.21. The van der Waals surface area contributed by atoms with E-state index in [1.54, 1.807) is 25.1 Å². The molecule has 0 fully saturated rings. The molecule has 124 valence electrons. The molecule has 0 atom stereocenters. The number of fused-ring (bicyclic) bond motifs is 1. The van der Waals surface area contributed by atoms with Crippen molar-refractivity contribution < 1.29 is 13.9 Å². The standard InChI is InChI=1S/C19H18FNO2S/c1-12-7-9-13(10-8-12)21(2)19(22)18-14(11-23-3)17-15(20)5-4-6-16(17)24-18/h4-10H,11H2,1-3H3. The number of methoxy groups -OCH3 is 1. The van der Waals surface area contributed by atoms with Crippen LogP contribution < -0.4 is 4.90 Å². The molecule has 3 aromatic rings. The monoisotopic (exact) mass is 343 g/mol. The first-order valence-electron chi connectivity index (χ1n) is 7.56. The van der Waals surface area contributed by atoms with E-state index in [2.05, 4.69) is 0 Å². The van der Waals surface area contributed by atoms with Crippen molar-refractivity contribution in [3.8, 4) is 0 Å². The third-order valence-electron chi connectivity index (χ3n) is 3.97. The van der Waals surface area contributed by atoms with E-state index in [1.807, 2.05) is 37.3 Å². The quantitative estimate of drug-likeness (QED) is 0.683. The first-order valence-corrected chi connectivity index (χ1v) is 8.38. The third kappa shape index (κ3) is 2.92. The summed E-state index contributed by atoms with van der Waals surface area (Å²) in [5.74, 6) is -0.487. The molecule has 2 aromatic carbocycles. The molecule has 0 aliphatic heterocycles. The number of hydrogen-bond acceptors (Lipinski definition) is 3. The van der Waals surface area contributed by atoms with Gasteiger partial charge in [-0.3, -0.25) is 4.79 Å². The molecule has 0 saturated heterocycles. The summed E-state index contributed by atoms with van der Waals surface area (Å²) in [6.07, 6.45) is 0. The van der Waals surface area contributed by atoms with Crippen molar-refractivity contribution in [2.24, 2.45) is 0 Å². The van der Waals surface area contributed by atoms with Crippen LogP contribution in [0.2, 0.25) is 0 Å². The van der Waals surface area contributed by atoms with Gasteiger partial charge in [-0.25, -0.2) is 4.39 Å². The van der Waals surface area contributed by atoms with Crippen molar-refractivity contribution in [3.63, 3.8) is 0 Å². The highest BCUT2D eigenvalue weighted by atomic mass is 32.1. The Morgan fingerprint density at radius 2 is 1.92 bits per heavy atom. The number of rotatable bonds is 4. The van der Waals surface area contributed by atoms with Crippen molar-refractivity contribution in [2.45, 2.75) is 13.5 Å². The van der Waals surface area contributed by atoms with E-state index in [4.69, 9.17) is 4.74 Å². The fourth-order valence-corrected chi connectivity index (χ4v) is 3.86. The number of carbonyl (C=O) groups excluding carboxylic acids is 1. The van der Waals surface area contributed by atoms with E-state index >= 15 is 0 Å². The number of halogens is 1. The Morgan fingerprint density at radius 3 is 2.58 bits per heavy atom. The summed E-state index contributed by atoms with van der Waals surface area (Å²) in [5, 5.41) is 0.477. The molecule has 1 heterocycles.